The molecule has 1 aromatic heterocycles. The summed E-state index contributed by atoms with van der Waals surface area (Å²) in [6.07, 6.45) is 0. The lowest BCUT2D eigenvalue weighted by atomic mass is 10.1. The van der Waals surface area contributed by atoms with Crippen LogP contribution in [0.5, 0.6) is 0 Å². The van der Waals surface area contributed by atoms with Crippen molar-refractivity contribution in [1.29, 1.82) is 0 Å². The molecule has 0 saturated carbocycles. The van der Waals surface area contributed by atoms with Gasteiger partial charge in [-0.25, -0.2) is 4.39 Å². The highest BCUT2D eigenvalue weighted by molar-refractivity contribution is 8.00. The lowest BCUT2D eigenvalue weighted by Gasteiger charge is -2.37. The highest BCUT2D eigenvalue weighted by Crippen LogP contribution is 2.27. The molecular weight excluding hydrogens is 303 g/mol. The summed E-state index contributed by atoms with van der Waals surface area (Å²) >= 11 is 1.83. The van der Waals surface area contributed by atoms with Gasteiger partial charge in [-0.05, 0) is 25.1 Å². The largest absolute Gasteiger partial charge is 0.334 e. The number of aromatic amines is 1. The maximum absolute atomic E-state index is 13.5. The van der Waals surface area contributed by atoms with E-state index in [4.69, 9.17) is 0 Å². The Morgan fingerprint density at radius 3 is 2.91 bits per heavy atom. The molecule has 0 radical (unpaired) electrons. The van der Waals surface area contributed by atoms with E-state index in [0.717, 1.165) is 5.75 Å². The Balaban J connectivity index is 2.10. The van der Waals surface area contributed by atoms with Crippen molar-refractivity contribution in [2.45, 2.75) is 25.1 Å². The van der Waals surface area contributed by atoms with Gasteiger partial charge in [0.05, 0.1) is 5.56 Å². The number of nitrogens with one attached hydrogen (secondary N) is 1. The summed E-state index contributed by atoms with van der Waals surface area (Å²) in [6, 6.07) is 5.40. The first kappa shape index (κ1) is 15.1. The van der Waals surface area contributed by atoms with Crippen LogP contribution in [-0.4, -0.2) is 39.4 Å². The third kappa shape index (κ3) is 2.63. The first-order chi connectivity index (χ1) is 10.5. The minimum Gasteiger partial charge on any atom is -0.334 e. The van der Waals surface area contributed by atoms with Gasteiger partial charge < -0.3 is 9.88 Å². The molecule has 1 aromatic carbocycles. The van der Waals surface area contributed by atoms with E-state index < -0.39 is 5.82 Å². The fraction of sp³-hybridized carbons (Fsp3) is 0.375. The highest BCUT2D eigenvalue weighted by Gasteiger charge is 2.30. The van der Waals surface area contributed by atoms with E-state index in [1.807, 2.05) is 18.7 Å². The molecule has 1 N–H and O–H groups in total. The first-order valence-electron chi connectivity index (χ1n) is 7.22. The van der Waals surface area contributed by atoms with Gasteiger partial charge in [-0.2, -0.15) is 11.8 Å². The molecule has 116 valence electrons. The number of halogens is 1. The van der Waals surface area contributed by atoms with Crippen LogP contribution in [-0.2, 0) is 0 Å². The van der Waals surface area contributed by atoms with Crippen molar-refractivity contribution in [2.75, 3.05) is 12.3 Å². The summed E-state index contributed by atoms with van der Waals surface area (Å²) in [5, 5.41) is 0.783. The number of H-pyrrole nitrogens is 1. The van der Waals surface area contributed by atoms with Gasteiger partial charge in [0.2, 0.25) is 5.56 Å². The molecular formula is C16H17FN2O2S. The number of benzene rings is 1. The average Bonchev–Trinajstić information content (AvgIpc) is 2.49. The second kappa shape index (κ2) is 5.76. The van der Waals surface area contributed by atoms with Gasteiger partial charge in [0, 0.05) is 40.6 Å². The van der Waals surface area contributed by atoms with Gasteiger partial charge >= 0.3 is 0 Å². The molecule has 1 amide bonds. The van der Waals surface area contributed by atoms with Gasteiger partial charge in [-0.1, -0.05) is 6.92 Å². The summed E-state index contributed by atoms with van der Waals surface area (Å²) in [6.45, 7) is 4.73. The normalized spacial score (nSPS) is 22.0. The van der Waals surface area contributed by atoms with Crippen LogP contribution in [0, 0.1) is 5.82 Å². The zero-order chi connectivity index (χ0) is 15.9. The fourth-order valence-electron chi connectivity index (χ4n) is 2.78. The molecule has 0 bridgehead atoms. The van der Waals surface area contributed by atoms with Crippen molar-refractivity contribution in [1.82, 2.24) is 9.88 Å². The number of hydrogen-bond donors (Lipinski definition) is 1. The van der Waals surface area contributed by atoms with Gasteiger partial charge in [-0.3, -0.25) is 9.59 Å². The molecule has 2 unspecified atom stereocenters. The number of carbonyl (C=O) groups is 1. The van der Waals surface area contributed by atoms with Crippen LogP contribution in [0.2, 0.25) is 0 Å². The van der Waals surface area contributed by atoms with Gasteiger partial charge in [-0.15, -0.1) is 0 Å². The molecule has 0 aliphatic carbocycles. The maximum Gasteiger partial charge on any atom is 0.255 e. The molecule has 1 saturated heterocycles. The number of rotatable bonds is 1. The molecule has 0 spiro atoms. The Hall–Kier alpha value is -1.82. The van der Waals surface area contributed by atoms with E-state index in [9.17, 15) is 14.0 Å². The van der Waals surface area contributed by atoms with Gasteiger partial charge in [0.15, 0.2) is 0 Å². The molecule has 2 atom stereocenters. The average molecular weight is 320 g/mol. The lowest BCUT2D eigenvalue weighted by molar-refractivity contribution is 0.0700. The number of fused-ring (bicyclic) bond motifs is 1. The van der Waals surface area contributed by atoms with Crippen LogP contribution >= 0.6 is 11.8 Å². The van der Waals surface area contributed by atoms with Crippen molar-refractivity contribution in [3.8, 4) is 0 Å². The van der Waals surface area contributed by atoms with Crippen molar-refractivity contribution in [2.24, 2.45) is 0 Å². The highest BCUT2D eigenvalue weighted by atomic mass is 32.2. The second-order valence-corrected chi connectivity index (χ2v) is 7.04. The Morgan fingerprint density at radius 2 is 2.14 bits per heavy atom. The smallest absolute Gasteiger partial charge is 0.255 e. The number of hydrogen-bond acceptors (Lipinski definition) is 3. The van der Waals surface area contributed by atoms with Crippen LogP contribution in [0.4, 0.5) is 4.39 Å². The van der Waals surface area contributed by atoms with Crippen LogP contribution in [0.1, 0.15) is 24.2 Å². The zero-order valence-electron chi connectivity index (χ0n) is 12.4. The summed E-state index contributed by atoms with van der Waals surface area (Å²) in [4.78, 5) is 29.1. The molecule has 2 heterocycles. The van der Waals surface area contributed by atoms with Crippen LogP contribution < -0.4 is 5.56 Å². The number of carbonyl (C=O) groups excluding carboxylic acids is 1. The van der Waals surface area contributed by atoms with E-state index in [1.54, 1.807) is 4.90 Å². The third-order valence-corrected chi connectivity index (χ3v) is 5.52. The van der Waals surface area contributed by atoms with E-state index >= 15 is 0 Å². The van der Waals surface area contributed by atoms with E-state index in [0.29, 0.717) is 22.7 Å². The standard InChI is InChI=1S/C16H17FN2O2S/c1-9-10(2)22-6-5-19(9)16(21)13-8-15(20)18-14-4-3-11(17)7-12(13)14/h3-4,7-10H,5-6H2,1-2H3,(H,18,20). The fourth-order valence-corrected chi connectivity index (χ4v) is 3.88. The monoisotopic (exact) mass is 320 g/mol. The molecule has 4 nitrogen and oxygen atoms in total. The minimum atomic E-state index is -0.427. The Bertz CT molecular complexity index is 789. The number of pyridine rings is 1. The first-order valence-corrected chi connectivity index (χ1v) is 8.27. The number of aromatic nitrogens is 1. The molecule has 6 heteroatoms. The van der Waals surface area contributed by atoms with Gasteiger partial charge in [0.25, 0.3) is 5.91 Å². The summed E-state index contributed by atoms with van der Waals surface area (Å²) in [5.41, 5.74) is 0.392. The lowest BCUT2D eigenvalue weighted by Crippen LogP contribution is -2.48. The topological polar surface area (TPSA) is 53.2 Å². The van der Waals surface area contributed by atoms with Crippen LogP contribution in [0.25, 0.3) is 10.9 Å². The van der Waals surface area contributed by atoms with Crippen LogP contribution in [0.15, 0.2) is 29.1 Å². The Kier molecular flexibility index (Phi) is 3.95. The molecule has 2 aromatic rings. The quantitative estimate of drug-likeness (QED) is 0.879. The van der Waals surface area contributed by atoms with Crippen molar-refractivity contribution in [3.05, 3.63) is 46.0 Å². The third-order valence-electron chi connectivity index (χ3n) is 4.18. The Labute approximate surface area is 131 Å². The van der Waals surface area contributed by atoms with Crippen molar-refractivity contribution in [3.63, 3.8) is 0 Å². The maximum atomic E-state index is 13.5. The molecule has 1 aliphatic rings. The number of amides is 1. The molecule has 1 aliphatic heterocycles. The van der Waals surface area contributed by atoms with Crippen molar-refractivity contribution >= 4 is 28.6 Å². The SMILES string of the molecule is CC1SCCN(C(=O)c2cc(=O)[nH]c3ccc(F)cc23)C1C. The summed E-state index contributed by atoms with van der Waals surface area (Å²) in [5.74, 6) is 0.234. The predicted molar refractivity (Wildman–Crippen MR) is 86.9 cm³/mol. The van der Waals surface area contributed by atoms with E-state index in [2.05, 4.69) is 11.9 Å². The van der Waals surface area contributed by atoms with Gasteiger partial charge in [0.1, 0.15) is 5.82 Å². The predicted octanol–water partition coefficient (Wildman–Crippen LogP) is 2.63. The second-order valence-electron chi connectivity index (χ2n) is 5.55. The summed E-state index contributed by atoms with van der Waals surface area (Å²) < 4.78 is 13.5. The van der Waals surface area contributed by atoms with E-state index in [1.165, 1.54) is 24.3 Å². The van der Waals surface area contributed by atoms with Crippen molar-refractivity contribution < 1.29 is 9.18 Å². The minimum absolute atomic E-state index is 0.0779. The van der Waals surface area contributed by atoms with E-state index in [-0.39, 0.29) is 23.1 Å². The Morgan fingerprint density at radius 1 is 1.36 bits per heavy atom. The molecule has 3 rings (SSSR count). The molecule has 1 fully saturated rings. The molecule has 22 heavy (non-hydrogen) atoms. The number of thioether (sulfide) groups is 1. The van der Waals surface area contributed by atoms with Crippen LogP contribution in [0.3, 0.4) is 0 Å². The zero-order valence-corrected chi connectivity index (χ0v) is 13.2. The summed E-state index contributed by atoms with van der Waals surface area (Å²) in [7, 11) is 0. The number of nitrogens with zero attached hydrogens (tertiary/aromatic N) is 1.